The van der Waals surface area contributed by atoms with E-state index in [0.717, 1.165) is 24.8 Å². The molecule has 1 aliphatic rings. The third kappa shape index (κ3) is 4.34. The predicted molar refractivity (Wildman–Crippen MR) is 76.3 cm³/mol. The van der Waals surface area contributed by atoms with Crippen LogP contribution >= 0.6 is 0 Å². The van der Waals surface area contributed by atoms with Crippen molar-refractivity contribution in [1.82, 2.24) is 5.32 Å². The van der Waals surface area contributed by atoms with Crippen LogP contribution in [0.2, 0.25) is 0 Å². The van der Waals surface area contributed by atoms with E-state index in [1.165, 1.54) is 30.4 Å². The highest BCUT2D eigenvalue weighted by molar-refractivity contribution is 5.35. The van der Waals surface area contributed by atoms with Crippen molar-refractivity contribution in [2.24, 2.45) is 0 Å². The average molecular weight is 247 g/mol. The van der Waals surface area contributed by atoms with E-state index < -0.39 is 0 Å². The Hall–Kier alpha value is -1.02. The van der Waals surface area contributed by atoms with Gasteiger partial charge >= 0.3 is 0 Å². The molecule has 0 spiro atoms. The third-order valence-electron chi connectivity index (χ3n) is 3.46. The molecule has 1 saturated carbocycles. The van der Waals surface area contributed by atoms with Gasteiger partial charge in [0.2, 0.25) is 0 Å². The summed E-state index contributed by atoms with van der Waals surface area (Å²) in [5.41, 5.74) is 2.53. The van der Waals surface area contributed by atoms with Gasteiger partial charge in [0.05, 0.1) is 6.10 Å². The summed E-state index contributed by atoms with van der Waals surface area (Å²) in [5.74, 6) is 1.03. The standard InChI is InChI=1S/C16H25NO/c1-12-6-9-16(13(2)11-12)18-14(3)5-4-10-17-15-7-8-15/h6,9,11,14-15,17H,4-5,7-8,10H2,1-3H3. The van der Waals surface area contributed by atoms with Crippen LogP contribution in [0.15, 0.2) is 18.2 Å². The van der Waals surface area contributed by atoms with Gasteiger partial charge in [0.25, 0.3) is 0 Å². The van der Waals surface area contributed by atoms with Crippen molar-refractivity contribution in [2.75, 3.05) is 6.54 Å². The second-order valence-electron chi connectivity index (χ2n) is 5.57. The second-order valence-corrected chi connectivity index (χ2v) is 5.57. The van der Waals surface area contributed by atoms with E-state index in [9.17, 15) is 0 Å². The number of hydrogen-bond donors (Lipinski definition) is 1. The fourth-order valence-corrected chi connectivity index (χ4v) is 2.19. The molecule has 1 aliphatic carbocycles. The number of nitrogens with one attached hydrogen (secondary N) is 1. The van der Waals surface area contributed by atoms with Gasteiger partial charge in [-0.15, -0.1) is 0 Å². The van der Waals surface area contributed by atoms with E-state index in [4.69, 9.17) is 4.74 Å². The monoisotopic (exact) mass is 247 g/mol. The summed E-state index contributed by atoms with van der Waals surface area (Å²) in [7, 11) is 0. The summed E-state index contributed by atoms with van der Waals surface area (Å²) in [4.78, 5) is 0. The molecule has 1 unspecified atom stereocenters. The fourth-order valence-electron chi connectivity index (χ4n) is 2.19. The third-order valence-corrected chi connectivity index (χ3v) is 3.46. The van der Waals surface area contributed by atoms with E-state index in [0.29, 0.717) is 6.10 Å². The topological polar surface area (TPSA) is 21.3 Å². The van der Waals surface area contributed by atoms with Crippen LogP contribution in [0, 0.1) is 13.8 Å². The second kappa shape index (κ2) is 6.24. The maximum Gasteiger partial charge on any atom is 0.122 e. The first-order chi connectivity index (χ1) is 8.65. The van der Waals surface area contributed by atoms with E-state index in [2.05, 4.69) is 44.3 Å². The Kier molecular flexibility index (Phi) is 4.65. The lowest BCUT2D eigenvalue weighted by molar-refractivity contribution is 0.206. The molecule has 1 fully saturated rings. The molecule has 0 bridgehead atoms. The fraction of sp³-hybridized carbons (Fsp3) is 0.625. The van der Waals surface area contributed by atoms with Crippen LogP contribution < -0.4 is 10.1 Å². The maximum atomic E-state index is 6.00. The van der Waals surface area contributed by atoms with Crippen molar-refractivity contribution in [3.05, 3.63) is 29.3 Å². The van der Waals surface area contributed by atoms with Crippen molar-refractivity contribution >= 4 is 0 Å². The molecule has 1 N–H and O–H groups in total. The Bertz CT molecular complexity index is 385. The molecule has 1 aromatic rings. The molecule has 0 aromatic heterocycles. The molecule has 2 rings (SSSR count). The molecule has 0 amide bonds. The van der Waals surface area contributed by atoms with Crippen molar-refractivity contribution in [2.45, 2.75) is 58.6 Å². The molecule has 2 heteroatoms. The molecule has 18 heavy (non-hydrogen) atoms. The number of aryl methyl sites for hydroxylation is 2. The van der Waals surface area contributed by atoms with E-state index >= 15 is 0 Å². The van der Waals surface area contributed by atoms with Crippen molar-refractivity contribution in [3.63, 3.8) is 0 Å². The highest BCUT2D eigenvalue weighted by Gasteiger charge is 2.19. The van der Waals surface area contributed by atoms with Crippen LogP contribution in [0.25, 0.3) is 0 Å². The van der Waals surface area contributed by atoms with E-state index in [1.807, 2.05) is 0 Å². The van der Waals surface area contributed by atoms with Crippen LogP contribution in [0.3, 0.4) is 0 Å². The van der Waals surface area contributed by atoms with Gasteiger partial charge in [-0.3, -0.25) is 0 Å². The summed E-state index contributed by atoms with van der Waals surface area (Å²) in [5, 5.41) is 3.54. The summed E-state index contributed by atoms with van der Waals surface area (Å²) >= 11 is 0. The van der Waals surface area contributed by atoms with Crippen LogP contribution in [-0.4, -0.2) is 18.7 Å². The predicted octanol–water partition coefficient (Wildman–Crippen LogP) is 3.60. The Morgan fingerprint density at radius 1 is 1.33 bits per heavy atom. The zero-order valence-electron chi connectivity index (χ0n) is 11.8. The van der Waals surface area contributed by atoms with Crippen LogP contribution in [-0.2, 0) is 0 Å². The van der Waals surface area contributed by atoms with Gasteiger partial charge in [0.15, 0.2) is 0 Å². The normalized spacial score (nSPS) is 16.6. The highest BCUT2D eigenvalue weighted by Crippen LogP contribution is 2.21. The van der Waals surface area contributed by atoms with Gasteiger partial charge in [-0.05, 0) is 64.6 Å². The number of ether oxygens (including phenoxy) is 1. The molecular formula is C16H25NO. The number of benzene rings is 1. The Labute approximate surface area is 111 Å². The molecule has 0 aliphatic heterocycles. The van der Waals surface area contributed by atoms with Gasteiger partial charge < -0.3 is 10.1 Å². The molecular weight excluding hydrogens is 222 g/mol. The van der Waals surface area contributed by atoms with Crippen molar-refractivity contribution in [1.29, 1.82) is 0 Å². The van der Waals surface area contributed by atoms with Gasteiger partial charge in [0.1, 0.15) is 5.75 Å². The van der Waals surface area contributed by atoms with Gasteiger partial charge in [-0.1, -0.05) is 17.7 Å². The largest absolute Gasteiger partial charge is 0.490 e. The SMILES string of the molecule is Cc1ccc(OC(C)CCCNC2CC2)c(C)c1. The van der Waals surface area contributed by atoms with E-state index in [1.54, 1.807) is 0 Å². The zero-order valence-corrected chi connectivity index (χ0v) is 11.8. The molecule has 0 heterocycles. The zero-order chi connectivity index (χ0) is 13.0. The highest BCUT2D eigenvalue weighted by atomic mass is 16.5. The quantitative estimate of drug-likeness (QED) is 0.743. The molecule has 1 atom stereocenters. The lowest BCUT2D eigenvalue weighted by Crippen LogP contribution is -2.20. The minimum absolute atomic E-state index is 0.299. The molecule has 100 valence electrons. The van der Waals surface area contributed by atoms with Crippen molar-refractivity contribution < 1.29 is 4.74 Å². The lowest BCUT2D eigenvalue weighted by Gasteiger charge is -2.16. The Balaban J connectivity index is 1.70. The summed E-state index contributed by atoms with van der Waals surface area (Å²) in [6.45, 7) is 7.52. The van der Waals surface area contributed by atoms with Gasteiger partial charge in [-0.25, -0.2) is 0 Å². The summed E-state index contributed by atoms with van der Waals surface area (Å²) < 4.78 is 6.00. The molecule has 0 radical (unpaired) electrons. The van der Waals surface area contributed by atoms with Gasteiger partial charge in [-0.2, -0.15) is 0 Å². The summed E-state index contributed by atoms with van der Waals surface area (Å²) in [6, 6.07) is 7.20. The lowest BCUT2D eigenvalue weighted by atomic mass is 10.1. The number of rotatable bonds is 7. The van der Waals surface area contributed by atoms with Crippen LogP contribution in [0.4, 0.5) is 0 Å². The maximum absolute atomic E-state index is 6.00. The molecule has 2 nitrogen and oxygen atoms in total. The Morgan fingerprint density at radius 2 is 2.11 bits per heavy atom. The molecule has 1 aromatic carbocycles. The Morgan fingerprint density at radius 3 is 2.78 bits per heavy atom. The van der Waals surface area contributed by atoms with Crippen LogP contribution in [0.5, 0.6) is 5.75 Å². The number of hydrogen-bond acceptors (Lipinski definition) is 2. The first kappa shape index (κ1) is 13.4. The van der Waals surface area contributed by atoms with Crippen LogP contribution in [0.1, 0.15) is 43.7 Å². The van der Waals surface area contributed by atoms with E-state index in [-0.39, 0.29) is 0 Å². The smallest absolute Gasteiger partial charge is 0.122 e. The minimum Gasteiger partial charge on any atom is -0.490 e. The van der Waals surface area contributed by atoms with Crippen molar-refractivity contribution in [3.8, 4) is 5.75 Å². The average Bonchev–Trinajstić information content (AvgIpc) is 3.12. The molecule has 0 saturated heterocycles. The summed E-state index contributed by atoms with van der Waals surface area (Å²) in [6.07, 6.45) is 5.35. The first-order valence-electron chi connectivity index (χ1n) is 7.12. The minimum atomic E-state index is 0.299. The van der Waals surface area contributed by atoms with Gasteiger partial charge in [0, 0.05) is 6.04 Å². The first-order valence-corrected chi connectivity index (χ1v) is 7.12.